The summed E-state index contributed by atoms with van der Waals surface area (Å²) >= 11 is 0. The Morgan fingerprint density at radius 2 is 2.35 bits per heavy atom. The molecule has 1 fully saturated rings. The Kier molecular flexibility index (Phi) is 4.98. The Balaban J connectivity index is 2.10. The fourth-order valence-corrected chi connectivity index (χ4v) is 2.38. The number of aliphatic hydroxyl groups excluding tert-OH is 1. The van der Waals surface area contributed by atoms with E-state index in [0.29, 0.717) is 25.3 Å². The first kappa shape index (κ1) is 14.8. The van der Waals surface area contributed by atoms with Crippen LogP contribution in [0.4, 0.5) is 5.69 Å². The molecule has 20 heavy (non-hydrogen) atoms. The molecule has 1 amide bonds. The maximum atomic E-state index is 12.5. The Hall–Kier alpha value is -1.59. The highest BCUT2D eigenvalue weighted by atomic mass is 16.5. The zero-order valence-corrected chi connectivity index (χ0v) is 12.1. The molecule has 0 radical (unpaired) electrons. The van der Waals surface area contributed by atoms with Crippen molar-refractivity contribution in [1.82, 2.24) is 4.90 Å². The average molecular weight is 278 g/mol. The van der Waals surface area contributed by atoms with E-state index in [0.717, 1.165) is 17.8 Å². The number of aryl methyl sites for hydroxylation is 1. The minimum Gasteiger partial charge on any atom is -0.394 e. The minimum absolute atomic E-state index is 0.00195. The third-order valence-electron chi connectivity index (χ3n) is 3.47. The molecule has 1 aromatic carbocycles. The first-order chi connectivity index (χ1) is 9.65. The maximum Gasteiger partial charge on any atom is 0.254 e. The van der Waals surface area contributed by atoms with Crippen molar-refractivity contribution in [2.75, 3.05) is 38.2 Å². The van der Waals surface area contributed by atoms with Crippen molar-refractivity contribution in [3.63, 3.8) is 0 Å². The molecular weight excluding hydrogens is 256 g/mol. The number of carbonyl (C=O) groups excluding carboxylic acids is 1. The van der Waals surface area contributed by atoms with Gasteiger partial charge in [-0.2, -0.15) is 0 Å². The second kappa shape index (κ2) is 6.72. The van der Waals surface area contributed by atoms with Gasteiger partial charge in [0, 0.05) is 30.9 Å². The Morgan fingerprint density at radius 3 is 3.00 bits per heavy atom. The first-order valence-electron chi connectivity index (χ1n) is 7.02. The lowest BCUT2D eigenvalue weighted by atomic mass is 10.1. The second-order valence-electron chi connectivity index (χ2n) is 4.99. The fourth-order valence-electron chi connectivity index (χ4n) is 2.38. The molecule has 1 aliphatic heterocycles. The lowest BCUT2D eigenvalue weighted by molar-refractivity contribution is -0.0447. The van der Waals surface area contributed by atoms with Crippen LogP contribution in [0.5, 0.6) is 0 Å². The summed E-state index contributed by atoms with van der Waals surface area (Å²) in [6.45, 7) is 6.34. The van der Waals surface area contributed by atoms with Gasteiger partial charge in [-0.25, -0.2) is 0 Å². The molecule has 110 valence electrons. The summed E-state index contributed by atoms with van der Waals surface area (Å²) in [7, 11) is 0. The van der Waals surface area contributed by atoms with Crippen molar-refractivity contribution < 1.29 is 14.6 Å². The van der Waals surface area contributed by atoms with Crippen LogP contribution in [0, 0.1) is 6.92 Å². The maximum absolute atomic E-state index is 12.5. The molecule has 0 aliphatic carbocycles. The SMILES string of the molecule is CCNc1ccc(C(=O)N2CCOC(CO)C2)cc1C. The number of anilines is 1. The first-order valence-corrected chi connectivity index (χ1v) is 7.02. The van der Waals surface area contributed by atoms with E-state index in [2.05, 4.69) is 5.32 Å². The van der Waals surface area contributed by atoms with Crippen molar-refractivity contribution >= 4 is 11.6 Å². The number of hydrogen-bond donors (Lipinski definition) is 2. The summed E-state index contributed by atoms with van der Waals surface area (Å²) in [5.74, 6) is -0.00195. The highest BCUT2D eigenvalue weighted by Gasteiger charge is 2.24. The van der Waals surface area contributed by atoms with Gasteiger partial charge in [0.1, 0.15) is 0 Å². The van der Waals surface area contributed by atoms with E-state index in [-0.39, 0.29) is 18.6 Å². The number of aliphatic hydroxyl groups is 1. The molecule has 1 aromatic rings. The largest absolute Gasteiger partial charge is 0.394 e. The van der Waals surface area contributed by atoms with Crippen LogP contribution in [0.25, 0.3) is 0 Å². The standard InChI is InChI=1S/C15H22N2O3/c1-3-16-14-5-4-12(8-11(14)2)15(19)17-6-7-20-13(9-17)10-18/h4-5,8,13,16,18H,3,6-7,9-10H2,1-2H3. The number of hydrogen-bond acceptors (Lipinski definition) is 4. The zero-order valence-electron chi connectivity index (χ0n) is 12.1. The Bertz CT molecular complexity index is 476. The molecule has 1 aliphatic rings. The van der Waals surface area contributed by atoms with Crippen molar-refractivity contribution in [2.45, 2.75) is 20.0 Å². The van der Waals surface area contributed by atoms with Gasteiger partial charge in [-0.3, -0.25) is 4.79 Å². The van der Waals surface area contributed by atoms with Crippen LogP contribution in [-0.4, -0.2) is 54.9 Å². The lowest BCUT2D eigenvalue weighted by Crippen LogP contribution is -2.46. The van der Waals surface area contributed by atoms with E-state index in [1.165, 1.54) is 0 Å². The van der Waals surface area contributed by atoms with Gasteiger partial charge >= 0.3 is 0 Å². The number of morpholine rings is 1. The third-order valence-corrected chi connectivity index (χ3v) is 3.47. The molecule has 1 unspecified atom stereocenters. The van der Waals surface area contributed by atoms with Gasteiger partial charge in [0.05, 0.1) is 19.3 Å². The van der Waals surface area contributed by atoms with Crippen molar-refractivity contribution in [3.8, 4) is 0 Å². The summed E-state index contributed by atoms with van der Waals surface area (Å²) in [4.78, 5) is 14.2. The highest BCUT2D eigenvalue weighted by Crippen LogP contribution is 2.18. The van der Waals surface area contributed by atoms with E-state index >= 15 is 0 Å². The molecule has 0 spiro atoms. The summed E-state index contributed by atoms with van der Waals surface area (Å²) in [6.07, 6.45) is -0.269. The number of carbonyl (C=O) groups is 1. The van der Waals surface area contributed by atoms with Crippen LogP contribution in [-0.2, 0) is 4.74 Å². The summed E-state index contributed by atoms with van der Waals surface area (Å²) in [5.41, 5.74) is 2.80. The van der Waals surface area contributed by atoms with E-state index < -0.39 is 0 Å². The van der Waals surface area contributed by atoms with Gasteiger partial charge in [0.15, 0.2) is 0 Å². The summed E-state index contributed by atoms with van der Waals surface area (Å²) in [5, 5.41) is 12.4. The molecule has 2 rings (SSSR count). The third kappa shape index (κ3) is 3.29. The van der Waals surface area contributed by atoms with Crippen LogP contribution < -0.4 is 5.32 Å². The topological polar surface area (TPSA) is 61.8 Å². The highest BCUT2D eigenvalue weighted by molar-refractivity contribution is 5.95. The average Bonchev–Trinajstić information content (AvgIpc) is 2.49. The number of ether oxygens (including phenoxy) is 1. The van der Waals surface area contributed by atoms with Gasteiger partial charge in [-0.05, 0) is 37.6 Å². The van der Waals surface area contributed by atoms with E-state index in [4.69, 9.17) is 9.84 Å². The van der Waals surface area contributed by atoms with E-state index in [1.54, 1.807) is 4.90 Å². The van der Waals surface area contributed by atoms with Gasteiger partial charge in [0.25, 0.3) is 5.91 Å². The fraction of sp³-hybridized carbons (Fsp3) is 0.533. The van der Waals surface area contributed by atoms with Crippen LogP contribution >= 0.6 is 0 Å². The summed E-state index contributed by atoms with van der Waals surface area (Å²) in [6, 6.07) is 5.69. The number of rotatable bonds is 4. The normalized spacial score (nSPS) is 18.9. The van der Waals surface area contributed by atoms with Gasteiger partial charge < -0.3 is 20.1 Å². The Labute approximate surface area is 119 Å². The van der Waals surface area contributed by atoms with Gasteiger partial charge in [0.2, 0.25) is 0 Å². The molecule has 0 saturated carbocycles. The molecular formula is C15H22N2O3. The smallest absolute Gasteiger partial charge is 0.254 e. The number of benzene rings is 1. The summed E-state index contributed by atoms with van der Waals surface area (Å²) < 4.78 is 5.36. The van der Waals surface area contributed by atoms with E-state index in [9.17, 15) is 4.79 Å². The molecule has 1 atom stereocenters. The van der Waals surface area contributed by atoms with Crippen molar-refractivity contribution in [3.05, 3.63) is 29.3 Å². The molecule has 1 saturated heterocycles. The van der Waals surface area contributed by atoms with Gasteiger partial charge in [-0.1, -0.05) is 0 Å². The number of nitrogens with one attached hydrogen (secondary N) is 1. The monoisotopic (exact) mass is 278 g/mol. The van der Waals surface area contributed by atoms with Crippen LogP contribution in [0.2, 0.25) is 0 Å². The predicted molar refractivity (Wildman–Crippen MR) is 78.1 cm³/mol. The quantitative estimate of drug-likeness (QED) is 0.870. The predicted octanol–water partition coefficient (Wildman–Crippen LogP) is 1.26. The van der Waals surface area contributed by atoms with Crippen LogP contribution in [0.15, 0.2) is 18.2 Å². The second-order valence-corrected chi connectivity index (χ2v) is 4.99. The van der Waals surface area contributed by atoms with Crippen LogP contribution in [0.1, 0.15) is 22.8 Å². The zero-order chi connectivity index (χ0) is 14.5. The van der Waals surface area contributed by atoms with Gasteiger partial charge in [-0.15, -0.1) is 0 Å². The number of amides is 1. The van der Waals surface area contributed by atoms with Crippen molar-refractivity contribution in [2.24, 2.45) is 0 Å². The molecule has 5 heteroatoms. The molecule has 5 nitrogen and oxygen atoms in total. The Morgan fingerprint density at radius 1 is 1.55 bits per heavy atom. The molecule has 1 heterocycles. The van der Waals surface area contributed by atoms with Crippen LogP contribution in [0.3, 0.4) is 0 Å². The van der Waals surface area contributed by atoms with E-state index in [1.807, 2.05) is 32.0 Å². The van der Waals surface area contributed by atoms with Crippen molar-refractivity contribution in [1.29, 1.82) is 0 Å². The lowest BCUT2D eigenvalue weighted by Gasteiger charge is -2.32. The molecule has 0 aromatic heterocycles. The minimum atomic E-state index is -0.269. The molecule has 2 N–H and O–H groups in total. The number of nitrogens with zero attached hydrogens (tertiary/aromatic N) is 1. The molecule has 0 bridgehead atoms.